The standard InChI is InChI=1S/C29H33Cl2N3O4S/c1-5-27(29(36)32-20(2)3)33(18-22-13-11-21(4)12-14-22)28(35)19-34(23-15-16-25(30)26(31)17-23)39(37,38)24-9-7-6-8-10-24/h6-17,20,27H,5,18-19H2,1-4H3,(H,32,36)/t27-/m1/s1. The Balaban J connectivity index is 2.07. The van der Waals surface area contributed by atoms with Crippen LogP contribution >= 0.6 is 23.2 Å². The van der Waals surface area contributed by atoms with Crippen LogP contribution in [0.2, 0.25) is 10.0 Å². The van der Waals surface area contributed by atoms with Crippen molar-refractivity contribution in [1.82, 2.24) is 10.2 Å². The topological polar surface area (TPSA) is 86.8 Å². The number of aryl methyl sites for hydroxylation is 1. The van der Waals surface area contributed by atoms with Gasteiger partial charge in [-0.2, -0.15) is 0 Å². The van der Waals surface area contributed by atoms with Crippen molar-refractivity contribution in [3.8, 4) is 0 Å². The molecule has 3 aromatic rings. The van der Waals surface area contributed by atoms with Crippen LogP contribution in [0.15, 0.2) is 77.7 Å². The lowest BCUT2D eigenvalue weighted by Gasteiger charge is -2.33. The molecule has 7 nitrogen and oxygen atoms in total. The summed E-state index contributed by atoms with van der Waals surface area (Å²) in [4.78, 5) is 28.6. The summed E-state index contributed by atoms with van der Waals surface area (Å²) in [5.41, 5.74) is 2.05. The van der Waals surface area contributed by atoms with E-state index in [0.717, 1.165) is 15.4 Å². The maximum atomic E-state index is 14.0. The van der Waals surface area contributed by atoms with E-state index in [1.165, 1.54) is 35.2 Å². The molecule has 0 radical (unpaired) electrons. The number of nitrogens with one attached hydrogen (secondary N) is 1. The molecule has 0 aliphatic carbocycles. The van der Waals surface area contributed by atoms with Crippen molar-refractivity contribution in [1.29, 1.82) is 0 Å². The Bertz CT molecular complexity index is 1400. The number of halogens is 2. The molecule has 208 valence electrons. The highest BCUT2D eigenvalue weighted by atomic mass is 35.5. The first kappa shape index (κ1) is 30.5. The predicted molar refractivity (Wildman–Crippen MR) is 157 cm³/mol. The van der Waals surface area contributed by atoms with Gasteiger partial charge < -0.3 is 10.2 Å². The number of hydrogen-bond donors (Lipinski definition) is 1. The average molecular weight is 591 g/mol. The van der Waals surface area contributed by atoms with Gasteiger partial charge in [-0.15, -0.1) is 0 Å². The summed E-state index contributed by atoms with van der Waals surface area (Å²) in [6.07, 6.45) is 0.342. The number of nitrogens with zero attached hydrogens (tertiary/aromatic N) is 2. The number of benzene rings is 3. The van der Waals surface area contributed by atoms with Crippen molar-refractivity contribution in [3.63, 3.8) is 0 Å². The lowest BCUT2D eigenvalue weighted by molar-refractivity contribution is -0.140. The van der Waals surface area contributed by atoms with E-state index in [4.69, 9.17) is 23.2 Å². The Kier molecular flexibility index (Phi) is 10.4. The summed E-state index contributed by atoms with van der Waals surface area (Å²) in [6, 6.07) is 18.9. The van der Waals surface area contributed by atoms with Crippen LogP contribution < -0.4 is 9.62 Å². The molecule has 0 spiro atoms. The number of rotatable bonds is 11. The van der Waals surface area contributed by atoms with E-state index < -0.39 is 28.5 Å². The van der Waals surface area contributed by atoms with Crippen molar-refractivity contribution in [2.24, 2.45) is 0 Å². The van der Waals surface area contributed by atoms with Gasteiger partial charge >= 0.3 is 0 Å². The molecule has 0 heterocycles. The van der Waals surface area contributed by atoms with Gasteiger partial charge in [0.25, 0.3) is 10.0 Å². The third kappa shape index (κ3) is 7.75. The van der Waals surface area contributed by atoms with Gasteiger partial charge in [0, 0.05) is 12.6 Å². The lowest BCUT2D eigenvalue weighted by Crippen LogP contribution is -2.53. The van der Waals surface area contributed by atoms with Gasteiger partial charge in [-0.1, -0.05) is 78.2 Å². The largest absolute Gasteiger partial charge is 0.352 e. The third-order valence-electron chi connectivity index (χ3n) is 6.09. The molecule has 3 aromatic carbocycles. The number of sulfonamides is 1. The molecule has 10 heteroatoms. The monoisotopic (exact) mass is 589 g/mol. The zero-order valence-corrected chi connectivity index (χ0v) is 24.7. The quantitative estimate of drug-likeness (QED) is 0.305. The summed E-state index contributed by atoms with van der Waals surface area (Å²) in [7, 11) is -4.18. The number of amides is 2. The Morgan fingerprint density at radius 3 is 2.13 bits per heavy atom. The minimum atomic E-state index is -4.18. The van der Waals surface area contributed by atoms with Gasteiger partial charge in [-0.25, -0.2) is 8.42 Å². The first-order valence-corrected chi connectivity index (χ1v) is 14.8. The van der Waals surface area contributed by atoms with Crippen LogP contribution in [0.5, 0.6) is 0 Å². The molecule has 0 saturated carbocycles. The third-order valence-corrected chi connectivity index (χ3v) is 8.62. The number of hydrogen-bond acceptors (Lipinski definition) is 4. The van der Waals surface area contributed by atoms with Gasteiger partial charge in [0.1, 0.15) is 12.6 Å². The summed E-state index contributed by atoms with van der Waals surface area (Å²) in [5, 5.41) is 3.28. The average Bonchev–Trinajstić information content (AvgIpc) is 2.90. The zero-order chi connectivity index (χ0) is 28.7. The van der Waals surface area contributed by atoms with Crippen LogP contribution in [0.3, 0.4) is 0 Å². The van der Waals surface area contributed by atoms with Crippen molar-refractivity contribution in [2.75, 3.05) is 10.8 Å². The molecule has 0 aliphatic heterocycles. The zero-order valence-electron chi connectivity index (χ0n) is 22.4. The predicted octanol–water partition coefficient (Wildman–Crippen LogP) is 5.83. The normalized spacial score (nSPS) is 12.2. The van der Waals surface area contributed by atoms with E-state index in [9.17, 15) is 18.0 Å². The second-order valence-electron chi connectivity index (χ2n) is 9.52. The first-order chi connectivity index (χ1) is 18.4. The van der Waals surface area contributed by atoms with E-state index >= 15 is 0 Å². The highest BCUT2D eigenvalue weighted by Gasteiger charge is 2.34. The molecule has 3 rings (SSSR count). The SMILES string of the molecule is CC[C@H](C(=O)NC(C)C)N(Cc1ccc(C)cc1)C(=O)CN(c1ccc(Cl)c(Cl)c1)S(=O)(=O)c1ccccc1. The van der Waals surface area contributed by atoms with Gasteiger partial charge in [-0.3, -0.25) is 13.9 Å². The van der Waals surface area contributed by atoms with Gasteiger partial charge in [-0.05, 0) is 63.1 Å². The van der Waals surface area contributed by atoms with Crippen molar-refractivity contribution in [2.45, 2.75) is 57.6 Å². The van der Waals surface area contributed by atoms with E-state index in [1.807, 2.05) is 52.0 Å². The van der Waals surface area contributed by atoms with Crippen LogP contribution in [-0.4, -0.2) is 43.8 Å². The summed E-state index contributed by atoms with van der Waals surface area (Å²) >= 11 is 12.3. The van der Waals surface area contributed by atoms with Crippen LogP contribution in [0.4, 0.5) is 5.69 Å². The number of carbonyl (C=O) groups is 2. The van der Waals surface area contributed by atoms with E-state index in [0.29, 0.717) is 6.42 Å². The van der Waals surface area contributed by atoms with Crippen molar-refractivity contribution < 1.29 is 18.0 Å². The molecule has 0 unspecified atom stereocenters. The highest BCUT2D eigenvalue weighted by Crippen LogP contribution is 2.31. The van der Waals surface area contributed by atoms with Crippen LogP contribution in [0.25, 0.3) is 0 Å². The van der Waals surface area contributed by atoms with E-state index in [-0.39, 0.29) is 39.1 Å². The Hall–Kier alpha value is -3.07. The minimum absolute atomic E-state index is 0.0125. The van der Waals surface area contributed by atoms with Crippen LogP contribution in [0.1, 0.15) is 38.3 Å². The van der Waals surface area contributed by atoms with Crippen LogP contribution in [-0.2, 0) is 26.2 Å². The van der Waals surface area contributed by atoms with E-state index in [1.54, 1.807) is 18.2 Å². The fourth-order valence-electron chi connectivity index (χ4n) is 4.08. The van der Waals surface area contributed by atoms with Gasteiger partial charge in [0.05, 0.1) is 20.6 Å². The maximum absolute atomic E-state index is 14.0. The molecule has 0 bridgehead atoms. The fourth-order valence-corrected chi connectivity index (χ4v) is 5.80. The summed E-state index contributed by atoms with van der Waals surface area (Å²) < 4.78 is 28.6. The minimum Gasteiger partial charge on any atom is -0.352 e. The molecular weight excluding hydrogens is 557 g/mol. The Morgan fingerprint density at radius 1 is 0.923 bits per heavy atom. The Labute approximate surface area is 240 Å². The molecular formula is C29H33Cl2N3O4S. The van der Waals surface area contributed by atoms with E-state index in [2.05, 4.69) is 5.32 Å². The fraction of sp³-hybridized carbons (Fsp3) is 0.310. The summed E-state index contributed by atoms with van der Waals surface area (Å²) in [6.45, 7) is 7.04. The molecule has 0 fully saturated rings. The number of anilines is 1. The smallest absolute Gasteiger partial charge is 0.264 e. The molecule has 0 saturated heterocycles. The second-order valence-corrected chi connectivity index (χ2v) is 12.2. The van der Waals surface area contributed by atoms with Gasteiger partial charge in [0.2, 0.25) is 11.8 Å². The first-order valence-electron chi connectivity index (χ1n) is 12.6. The van der Waals surface area contributed by atoms with Crippen molar-refractivity contribution in [3.05, 3.63) is 94.0 Å². The maximum Gasteiger partial charge on any atom is 0.264 e. The van der Waals surface area contributed by atoms with Crippen LogP contribution in [0, 0.1) is 6.92 Å². The molecule has 1 atom stereocenters. The second kappa shape index (κ2) is 13.3. The molecule has 39 heavy (non-hydrogen) atoms. The molecule has 0 aromatic heterocycles. The molecule has 0 aliphatic rings. The Morgan fingerprint density at radius 2 is 1.56 bits per heavy atom. The van der Waals surface area contributed by atoms with Gasteiger partial charge in [0.15, 0.2) is 0 Å². The van der Waals surface area contributed by atoms with Crippen molar-refractivity contribution >= 4 is 50.7 Å². The number of carbonyl (C=O) groups excluding carboxylic acids is 2. The summed E-state index contributed by atoms with van der Waals surface area (Å²) in [5.74, 6) is -0.841. The lowest BCUT2D eigenvalue weighted by atomic mass is 10.1. The molecule has 2 amide bonds. The molecule has 1 N–H and O–H groups in total. The highest BCUT2D eigenvalue weighted by molar-refractivity contribution is 7.92.